The van der Waals surface area contributed by atoms with E-state index in [-0.39, 0.29) is 18.3 Å². The lowest BCUT2D eigenvalue weighted by molar-refractivity contribution is -0.143. The Bertz CT molecular complexity index is 475. The summed E-state index contributed by atoms with van der Waals surface area (Å²) in [6.07, 6.45) is 0.0540. The van der Waals surface area contributed by atoms with E-state index in [0.29, 0.717) is 13.1 Å². The Morgan fingerprint density at radius 3 is 2.79 bits per heavy atom. The van der Waals surface area contributed by atoms with Gasteiger partial charge >= 0.3 is 5.97 Å². The number of carbonyl (C=O) groups excluding carboxylic acids is 2. The van der Waals surface area contributed by atoms with Gasteiger partial charge in [-0.25, -0.2) is 0 Å². The molecule has 1 amide bonds. The normalized spacial score (nSPS) is 18.9. The average Bonchev–Trinajstić information content (AvgIpc) is 2.42. The largest absolute Gasteiger partial charge is 0.469 e. The Morgan fingerprint density at radius 2 is 2.16 bits per heavy atom. The Morgan fingerprint density at radius 1 is 1.47 bits per heavy atom. The molecule has 1 saturated heterocycles. The first-order valence-corrected chi connectivity index (χ1v) is 6.78. The van der Waals surface area contributed by atoms with Crippen molar-refractivity contribution in [3.8, 4) is 0 Å². The highest BCUT2D eigenvalue weighted by molar-refractivity contribution is 9.10. The first kappa shape index (κ1) is 13.9. The fourth-order valence-corrected chi connectivity index (χ4v) is 2.36. The minimum absolute atomic E-state index is 0.0540. The maximum atomic E-state index is 11.9. The number of amides is 1. The summed E-state index contributed by atoms with van der Waals surface area (Å²) in [6.45, 7) is 1.25. The van der Waals surface area contributed by atoms with Crippen LogP contribution >= 0.6 is 15.9 Å². The van der Waals surface area contributed by atoms with Crippen molar-refractivity contribution < 1.29 is 14.3 Å². The van der Waals surface area contributed by atoms with Crippen molar-refractivity contribution in [2.45, 2.75) is 12.5 Å². The molecule has 1 aliphatic heterocycles. The van der Waals surface area contributed by atoms with E-state index in [1.54, 1.807) is 0 Å². The summed E-state index contributed by atoms with van der Waals surface area (Å²) in [5.74, 6) is -0.524. The molecule has 2 rings (SSSR count). The molecule has 1 aromatic carbocycles. The monoisotopic (exact) mass is 326 g/mol. The van der Waals surface area contributed by atoms with Crippen LogP contribution in [0.4, 0.5) is 5.69 Å². The first-order chi connectivity index (χ1) is 9.11. The number of halogens is 1. The number of anilines is 1. The Kier molecular flexibility index (Phi) is 4.42. The number of rotatable bonds is 3. The number of benzene rings is 1. The van der Waals surface area contributed by atoms with Crippen LogP contribution in [0.1, 0.15) is 6.42 Å². The number of nitrogens with one attached hydrogen (secondary N) is 1. The number of methoxy groups -OCH3 is 1. The van der Waals surface area contributed by atoms with Crippen LogP contribution in [0.15, 0.2) is 28.7 Å². The Labute approximate surface area is 120 Å². The third kappa shape index (κ3) is 3.26. The predicted molar refractivity (Wildman–Crippen MR) is 74.9 cm³/mol. The second-order valence-electron chi connectivity index (χ2n) is 4.26. The van der Waals surface area contributed by atoms with Gasteiger partial charge in [-0.2, -0.15) is 0 Å². The quantitative estimate of drug-likeness (QED) is 0.851. The fourth-order valence-electron chi connectivity index (χ4n) is 2.10. The highest BCUT2D eigenvalue weighted by Gasteiger charge is 2.32. The van der Waals surface area contributed by atoms with E-state index < -0.39 is 6.04 Å². The maximum Gasteiger partial charge on any atom is 0.308 e. The number of piperazine rings is 1. The van der Waals surface area contributed by atoms with Gasteiger partial charge in [0.2, 0.25) is 5.91 Å². The summed E-state index contributed by atoms with van der Waals surface area (Å²) in [5, 5.41) is 2.78. The summed E-state index contributed by atoms with van der Waals surface area (Å²) in [7, 11) is 1.33. The smallest absolute Gasteiger partial charge is 0.308 e. The van der Waals surface area contributed by atoms with E-state index in [9.17, 15) is 9.59 Å². The van der Waals surface area contributed by atoms with E-state index in [1.807, 2.05) is 29.2 Å². The zero-order valence-corrected chi connectivity index (χ0v) is 12.1. The van der Waals surface area contributed by atoms with E-state index in [2.05, 4.69) is 26.0 Å². The molecule has 6 heteroatoms. The van der Waals surface area contributed by atoms with Gasteiger partial charge in [-0.3, -0.25) is 9.59 Å². The average molecular weight is 327 g/mol. The lowest BCUT2D eigenvalue weighted by Gasteiger charge is -2.36. The first-order valence-electron chi connectivity index (χ1n) is 5.98. The third-order valence-corrected chi connectivity index (χ3v) is 3.61. The molecule has 1 heterocycles. The summed E-state index contributed by atoms with van der Waals surface area (Å²) in [6, 6.07) is 7.16. The van der Waals surface area contributed by atoms with Gasteiger partial charge in [0.05, 0.1) is 13.5 Å². The number of nitrogens with zero attached hydrogens (tertiary/aromatic N) is 1. The molecule has 1 N–H and O–H groups in total. The molecule has 102 valence electrons. The van der Waals surface area contributed by atoms with Gasteiger partial charge in [-0.15, -0.1) is 0 Å². The number of carbonyl (C=O) groups is 2. The molecule has 1 fully saturated rings. The molecule has 1 aromatic rings. The standard InChI is InChI=1S/C13H15BrN2O3/c1-19-12(17)8-11-13(18)15-6-7-16(11)10-4-2-9(14)3-5-10/h2-5,11H,6-8H2,1H3,(H,15,18). The summed E-state index contributed by atoms with van der Waals surface area (Å²) >= 11 is 3.38. The zero-order chi connectivity index (χ0) is 13.8. The van der Waals surface area contributed by atoms with Gasteiger partial charge in [0, 0.05) is 23.2 Å². The van der Waals surface area contributed by atoms with Crippen LogP contribution in [0.2, 0.25) is 0 Å². The number of ether oxygens (including phenoxy) is 1. The van der Waals surface area contributed by atoms with Gasteiger partial charge in [0.1, 0.15) is 6.04 Å². The summed E-state index contributed by atoms with van der Waals surface area (Å²) in [4.78, 5) is 25.3. The number of hydrogen-bond acceptors (Lipinski definition) is 4. The summed E-state index contributed by atoms with van der Waals surface area (Å²) < 4.78 is 5.63. The second kappa shape index (κ2) is 6.06. The van der Waals surface area contributed by atoms with Gasteiger partial charge in [0.25, 0.3) is 0 Å². The van der Waals surface area contributed by atoms with Crippen LogP contribution in [0.5, 0.6) is 0 Å². The molecular weight excluding hydrogens is 312 g/mol. The zero-order valence-electron chi connectivity index (χ0n) is 10.6. The molecule has 1 atom stereocenters. The van der Waals surface area contributed by atoms with E-state index in [1.165, 1.54) is 7.11 Å². The van der Waals surface area contributed by atoms with E-state index >= 15 is 0 Å². The van der Waals surface area contributed by atoms with E-state index in [4.69, 9.17) is 0 Å². The molecule has 19 heavy (non-hydrogen) atoms. The highest BCUT2D eigenvalue weighted by Crippen LogP contribution is 2.23. The molecule has 1 aliphatic rings. The van der Waals surface area contributed by atoms with Gasteiger partial charge < -0.3 is 15.0 Å². The van der Waals surface area contributed by atoms with Crippen molar-refractivity contribution in [2.75, 3.05) is 25.1 Å². The van der Waals surface area contributed by atoms with Crippen LogP contribution in [-0.4, -0.2) is 38.1 Å². The number of hydrogen-bond donors (Lipinski definition) is 1. The van der Waals surface area contributed by atoms with E-state index in [0.717, 1.165) is 10.2 Å². The molecule has 5 nitrogen and oxygen atoms in total. The lowest BCUT2D eigenvalue weighted by Crippen LogP contribution is -2.56. The van der Waals surface area contributed by atoms with Crippen molar-refractivity contribution in [1.82, 2.24) is 5.32 Å². The number of esters is 1. The summed E-state index contributed by atoms with van der Waals surface area (Å²) in [5.41, 5.74) is 0.923. The van der Waals surface area contributed by atoms with Crippen molar-refractivity contribution in [3.05, 3.63) is 28.7 Å². The Balaban J connectivity index is 2.21. The molecular formula is C13H15BrN2O3. The third-order valence-electron chi connectivity index (χ3n) is 3.08. The molecule has 0 aliphatic carbocycles. The SMILES string of the molecule is COC(=O)CC1C(=O)NCCN1c1ccc(Br)cc1. The van der Waals surface area contributed by atoms with Crippen LogP contribution in [0.25, 0.3) is 0 Å². The van der Waals surface area contributed by atoms with Crippen molar-refractivity contribution in [1.29, 1.82) is 0 Å². The van der Waals surface area contributed by atoms with Crippen LogP contribution in [-0.2, 0) is 14.3 Å². The predicted octanol–water partition coefficient (Wildman–Crippen LogP) is 1.32. The molecule has 0 saturated carbocycles. The fraction of sp³-hybridized carbons (Fsp3) is 0.385. The second-order valence-corrected chi connectivity index (χ2v) is 5.17. The minimum Gasteiger partial charge on any atom is -0.469 e. The molecule has 0 aromatic heterocycles. The highest BCUT2D eigenvalue weighted by atomic mass is 79.9. The minimum atomic E-state index is -0.512. The molecule has 1 unspecified atom stereocenters. The topological polar surface area (TPSA) is 58.6 Å². The molecule has 0 spiro atoms. The van der Waals surface area contributed by atoms with Gasteiger partial charge in [-0.05, 0) is 24.3 Å². The lowest BCUT2D eigenvalue weighted by atomic mass is 10.1. The van der Waals surface area contributed by atoms with Crippen molar-refractivity contribution in [2.24, 2.45) is 0 Å². The maximum absolute atomic E-state index is 11.9. The molecule has 0 bridgehead atoms. The molecule has 0 radical (unpaired) electrons. The van der Waals surface area contributed by atoms with Crippen LogP contribution in [0.3, 0.4) is 0 Å². The van der Waals surface area contributed by atoms with Crippen LogP contribution < -0.4 is 10.2 Å². The van der Waals surface area contributed by atoms with Crippen molar-refractivity contribution >= 4 is 33.5 Å². The van der Waals surface area contributed by atoms with Gasteiger partial charge in [0.15, 0.2) is 0 Å². The van der Waals surface area contributed by atoms with Crippen molar-refractivity contribution in [3.63, 3.8) is 0 Å². The van der Waals surface area contributed by atoms with Crippen LogP contribution in [0, 0.1) is 0 Å². The van der Waals surface area contributed by atoms with Gasteiger partial charge in [-0.1, -0.05) is 15.9 Å². The Hall–Kier alpha value is -1.56.